The van der Waals surface area contributed by atoms with E-state index in [1.54, 1.807) is 0 Å². The van der Waals surface area contributed by atoms with E-state index in [1.165, 1.54) is 0 Å². The molecule has 0 atom stereocenters. The molecule has 0 unspecified atom stereocenters. The summed E-state index contributed by atoms with van der Waals surface area (Å²) >= 11 is 0. The maximum atomic E-state index is 12.9. The number of nitrogens with one attached hydrogen (secondary N) is 1. The number of hydrogen-bond acceptors (Lipinski definition) is 5. The van der Waals surface area contributed by atoms with Crippen molar-refractivity contribution in [3.63, 3.8) is 0 Å². The third-order valence-corrected chi connectivity index (χ3v) is 4.03. The molecule has 1 rings (SSSR count). The Morgan fingerprint density at radius 1 is 1.38 bits per heavy atom. The molecule has 0 saturated heterocycles. The zero-order valence-corrected chi connectivity index (χ0v) is 11.6. The average Bonchev–Trinajstić information content (AvgIpc) is 2.37. The minimum absolute atomic E-state index is 0.0653. The first kappa shape index (κ1) is 17.0. The summed E-state index contributed by atoms with van der Waals surface area (Å²) in [5.74, 6) is -1.91. The highest BCUT2D eigenvalue weighted by Gasteiger charge is 2.25. The molecule has 0 aromatic heterocycles. The number of hydrogen-bond donors (Lipinski definition) is 2. The Labute approximate surface area is 119 Å². The number of halogens is 1. The van der Waals surface area contributed by atoms with E-state index in [9.17, 15) is 27.7 Å². The van der Waals surface area contributed by atoms with Crippen LogP contribution in [0.25, 0.3) is 0 Å². The van der Waals surface area contributed by atoms with Crippen molar-refractivity contribution in [1.29, 1.82) is 0 Å². The molecule has 0 radical (unpaired) electrons. The van der Waals surface area contributed by atoms with E-state index in [0.717, 1.165) is 12.1 Å². The highest BCUT2D eigenvalue weighted by molar-refractivity contribution is 7.89. The number of aliphatic carboxylic acids is 1. The second kappa shape index (κ2) is 7.09. The number of nitrogens with zero attached hydrogens (tertiary/aromatic N) is 1. The lowest BCUT2D eigenvalue weighted by Gasteiger charge is -2.07. The maximum absolute atomic E-state index is 12.9. The minimum atomic E-state index is -4.16. The van der Waals surface area contributed by atoms with Gasteiger partial charge in [0.05, 0.1) is 11.0 Å². The summed E-state index contributed by atoms with van der Waals surface area (Å²) in [5, 5.41) is 19.2. The third kappa shape index (κ3) is 5.08. The second-order valence-electron chi connectivity index (χ2n) is 4.12. The lowest BCUT2D eigenvalue weighted by molar-refractivity contribution is -0.388. The number of nitro benzene ring substituents is 1. The zero-order chi connectivity index (χ0) is 16.0. The Hall–Kier alpha value is -2.07. The van der Waals surface area contributed by atoms with Gasteiger partial charge in [-0.15, -0.1) is 0 Å². The fraction of sp³-hybridized carbons (Fsp3) is 0.364. The summed E-state index contributed by atoms with van der Waals surface area (Å²) in [7, 11) is -4.16. The molecule has 0 amide bonds. The number of sulfonamides is 1. The van der Waals surface area contributed by atoms with Gasteiger partial charge in [0, 0.05) is 13.0 Å². The van der Waals surface area contributed by atoms with Gasteiger partial charge < -0.3 is 5.11 Å². The van der Waals surface area contributed by atoms with Gasteiger partial charge >= 0.3 is 5.97 Å². The summed E-state index contributed by atoms with van der Waals surface area (Å²) < 4.78 is 38.9. The number of rotatable bonds is 8. The van der Waals surface area contributed by atoms with Crippen LogP contribution in [0.15, 0.2) is 23.1 Å². The summed E-state index contributed by atoms with van der Waals surface area (Å²) in [5.41, 5.74) is -0.854. The van der Waals surface area contributed by atoms with Crippen LogP contribution in [0, 0.1) is 15.9 Å². The van der Waals surface area contributed by atoms with Gasteiger partial charge in [-0.1, -0.05) is 0 Å². The van der Waals surface area contributed by atoms with Gasteiger partial charge in [0.25, 0.3) is 5.69 Å². The predicted octanol–water partition coefficient (Wildman–Crippen LogP) is 1.27. The molecule has 1 aromatic carbocycles. The number of carboxylic acids is 1. The molecular formula is C11H13FN2O6S. The van der Waals surface area contributed by atoms with Crippen LogP contribution >= 0.6 is 0 Å². The number of unbranched alkanes of at least 4 members (excludes halogenated alkanes) is 1. The quantitative estimate of drug-likeness (QED) is 0.422. The Morgan fingerprint density at radius 3 is 2.62 bits per heavy atom. The fourth-order valence-corrected chi connectivity index (χ4v) is 2.77. The molecule has 0 heterocycles. The van der Waals surface area contributed by atoms with E-state index in [2.05, 4.69) is 4.72 Å². The van der Waals surface area contributed by atoms with Crippen LogP contribution in [0.3, 0.4) is 0 Å². The van der Waals surface area contributed by atoms with E-state index in [-0.39, 0.29) is 25.8 Å². The third-order valence-electron chi connectivity index (χ3n) is 2.52. The average molecular weight is 320 g/mol. The van der Waals surface area contributed by atoms with Gasteiger partial charge in [-0.3, -0.25) is 14.9 Å². The second-order valence-corrected chi connectivity index (χ2v) is 5.85. The first-order valence-corrected chi connectivity index (χ1v) is 7.38. The number of nitro groups is 1. The van der Waals surface area contributed by atoms with E-state index in [0.29, 0.717) is 6.07 Å². The molecule has 0 spiro atoms. The monoisotopic (exact) mass is 320 g/mol. The zero-order valence-electron chi connectivity index (χ0n) is 10.8. The van der Waals surface area contributed by atoms with Gasteiger partial charge in [-0.05, 0) is 25.0 Å². The maximum Gasteiger partial charge on any atom is 0.303 e. The Bertz CT molecular complexity index is 646. The SMILES string of the molecule is O=C(O)CCCCNS(=O)(=O)c1ccc(F)cc1[N+](=O)[O-]. The summed E-state index contributed by atoms with van der Waals surface area (Å²) in [4.78, 5) is 19.4. The lowest BCUT2D eigenvalue weighted by Crippen LogP contribution is -2.25. The standard InChI is InChI=1S/C11H13FN2O6S/c12-8-4-5-10(9(7-8)14(17)18)21(19,20)13-6-2-1-3-11(15)16/h4-5,7,13H,1-3,6H2,(H,15,16). The Kier molecular flexibility index (Phi) is 5.73. The van der Waals surface area contributed by atoms with Gasteiger partial charge in [0.1, 0.15) is 5.82 Å². The molecule has 10 heteroatoms. The van der Waals surface area contributed by atoms with Gasteiger partial charge in [-0.25, -0.2) is 17.5 Å². The number of benzene rings is 1. The first-order valence-electron chi connectivity index (χ1n) is 5.89. The highest BCUT2D eigenvalue weighted by atomic mass is 32.2. The summed E-state index contributed by atoms with van der Waals surface area (Å²) in [6.07, 6.45) is 0.433. The van der Waals surface area contributed by atoms with Crippen molar-refractivity contribution >= 4 is 21.7 Å². The summed E-state index contributed by atoms with van der Waals surface area (Å²) in [6.45, 7) is -0.0653. The van der Waals surface area contributed by atoms with E-state index in [4.69, 9.17) is 5.11 Å². The molecule has 0 aliphatic rings. The highest BCUT2D eigenvalue weighted by Crippen LogP contribution is 2.24. The van der Waals surface area contributed by atoms with Crippen molar-refractivity contribution in [1.82, 2.24) is 4.72 Å². The van der Waals surface area contributed by atoms with Crippen LogP contribution in [0.5, 0.6) is 0 Å². The summed E-state index contributed by atoms with van der Waals surface area (Å²) in [6, 6.07) is 2.15. The number of carbonyl (C=O) groups is 1. The van der Waals surface area contributed by atoms with Crippen molar-refractivity contribution in [2.75, 3.05) is 6.54 Å². The number of carboxylic acid groups (broad SMARTS) is 1. The topological polar surface area (TPSA) is 127 Å². The van der Waals surface area contributed by atoms with Crippen LogP contribution in [0.4, 0.5) is 10.1 Å². The predicted molar refractivity (Wildman–Crippen MR) is 69.7 cm³/mol. The van der Waals surface area contributed by atoms with Crippen LogP contribution < -0.4 is 4.72 Å². The van der Waals surface area contributed by atoms with Crippen molar-refractivity contribution in [3.05, 3.63) is 34.1 Å². The minimum Gasteiger partial charge on any atom is -0.481 e. The van der Waals surface area contributed by atoms with Crippen molar-refractivity contribution in [2.45, 2.75) is 24.2 Å². The van der Waals surface area contributed by atoms with Crippen molar-refractivity contribution in [2.24, 2.45) is 0 Å². The molecule has 0 bridgehead atoms. The Balaban J connectivity index is 2.79. The van der Waals surface area contributed by atoms with Crippen LogP contribution in [0.2, 0.25) is 0 Å². The molecule has 2 N–H and O–H groups in total. The lowest BCUT2D eigenvalue weighted by atomic mass is 10.2. The van der Waals surface area contributed by atoms with Crippen LogP contribution in [0.1, 0.15) is 19.3 Å². The largest absolute Gasteiger partial charge is 0.481 e. The molecule has 8 nitrogen and oxygen atoms in total. The molecule has 1 aromatic rings. The van der Waals surface area contributed by atoms with Crippen molar-refractivity contribution in [3.8, 4) is 0 Å². The molecule has 116 valence electrons. The molecule has 0 fully saturated rings. The molecule has 0 aliphatic carbocycles. The van der Waals surface area contributed by atoms with Crippen LogP contribution in [-0.2, 0) is 14.8 Å². The normalized spacial score (nSPS) is 11.3. The van der Waals surface area contributed by atoms with Gasteiger partial charge in [0.2, 0.25) is 10.0 Å². The van der Waals surface area contributed by atoms with Crippen molar-refractivity contribution < 1.29 is 27.6 Å². The Morgan fingerprint density at radius 2 is 2.05 bits per heavy atom. The fourth-order valence-electron chi connectivity index (χ4n) is 1.55. The van der Waals surface area contributed by atoms with Gasteiger partial charge in [-0.2, -0.15) is 0 Å². The molecule has 21 heavy (non-hydrogen) atoms. The van der Waals surface area contributed by atoms with E-state index < -0.39 is 37.3 Å². The van der Waals surface area contributed by atoms with E-state index in [1.807, 2.05) is 0 Å². The van der Waals surface area contributed by atoms with Crippen LogP contribution in [-0.4, -0.2) is 31.0 Å². The molecule has 0 saturated carbocycles. The molecule has 0 aliphatic heterocycles. The smallest absolute Gasteiger partial charge is 0.303 e. The van der Waals surface area contributed by atoms with E-state index >= 15 is 0 Å². The first-order chi connectivity index (χ1) is 9.74. The van der Waals surface area contributed by atoms with Gasteiger partial charge in [0.15, 0.2) is 4.90 Å². The molecular weight excluding hydrogens is 307 g/mol.